The quantitative estimate of drug-likeness (QED) is 0.712. The van der Waals surface area contributed by atoms with Crippen molar-refractivity contribution in [3.05, 3.63) is 0 Å². The van der Waals surface area contributed by atoms with Crippen molar-refractivity contribution in [2.75, 3.05) is 13.1 Å². The second-order valence-electron chi connectivity index (χ2n) is 5.89. The van der Waals surface area contributed by atoms with Crippen LogP contribution in [0, 0.1) is 5.41 Å². The summed E-state index contributed by atoms with van der Waals surface area (Å²) in [7, 11) is 0. The molecule has 2 fully saturated rings. The molecule has 0 amide bonds. The monoisotopic (exact) mass is 209 g/mol. The van der Waals surface area contributed by atoms with Crippen molar-refractivity contribution < 1.29 is 4.79 Å². The Labute approximate surface area is 93.0 Å². The zero-order valence-corrected chi connectivity index (χ0v) is 10.1. The van der Waals surface area contributed by atoms with Crippen LogP contribution in [-0.4, -0.2) is 29.8 Å². The third-order valence-electron chi connectivity index (χ3n) is 3.94. The van der Waals surface area contributed by atoms with E-state index in [1.165, 1.54) is 32.1 Å². The molecule has 1 aliphatic carbocycles. The van der Waals surface area contributed by atoms with E-state index < -0.39 is 0 Å². The van der Waals surface area contributed by atoms with Gasteiger partial charge in [-0.2, -0.15) is 0 Å². The normalized spacial score (nSPS) is 27.3. The van der Waals surface area contributed by atoms with Gasteiger partial charge in [0.05, 0.1) is 0 Å². The van der Waals surface area contributed by atoms with Gasteiger partial charge in [0.1, 0.15) is 5.78 Å². The van der Waals surface area contributed by atoms with Crippen LogP contribution in [-0.2, 0) is 4.79 Å². The van der Waals surface area contributed by atoms with E-state index in [-0.39, 0.29) is 0 Å². The summed E-state index contributed by atoms with van der Waals surface area (Å²) in [5.41, 5.74) is 0.295. The molecule has 0 bridgehead atoms. The molecule has 2 rings (SSSR count). The number of hydrogen-bond acceptors (Lipinski definition) is 2. The highest BCUT2D eigenvalue weighted by atomic mass is 16.1. The molecule has 1 heterocycles. The second-order valence-corrected chi connectivity index (χ2v) is 5.89. The Morgan fingerprint density at radius 3 is 2.40 bits per heavy atom. The summed E-state index contributed by atoms with van der Waals surface area (Å²) in [6.45, 7) is 6.27. The zero-order valence-electron chi connectivity index (χ0n) is 10.1. The maximum absolute atomic E-state index is 11.1. The molecule has 15 heavy (non-hydrogen) atoms. The van der Waals surface area contributed by atoms with Crippen LogP contribution in [0.4, 0.5) is 0 Å². The Morgan fingerprint density at radius 2 is 1.87 bits per heavy atom. The van der Waals surface area contributed by atoms with E-state index in [0.717, 1.165) is 25.6 Å². The fourth-order valence-corrected chi connectivity index (χ4v) is 3.35. The highest BCUT2D eigenvalue weighted by Gasteiger charge is 2.42. The third kappa shape index (κ3) is 2.60. The summed E-state index contributed by atoms with van der Waals surface area (Å²) >= 11 is 0. The maximum atomic E-state index is 11.1. The van der Waals surface area contributed by atoms with Crippen LogP contribution in [0.15, 0.2) is 0 Å². The van der Waals surface area contributed by atoms with Crippen LogP contribution in [0.1, 0.15) is 52.4 Å². The van der Waals surface area contributed by atoms with Gasteiger partial charge in [0.25, 0.3) is 0 Å². The molecule has 0 radical (unpaired) electrons. The lowest BCUT2D eigenvalue weighted by Gasteiger charge is -2.52. The fourth-order valence-electron chi connectivity index (χ4n) is 3.35. The number of hydrogen-bond donors (Lipinski definition) is 0. The maximum Gasteiger partial charge on any atom is 0.130 e. The lowest BCUT2D eigenvalue weighted by molar-refractivity contribution is -0.123. The molecule has 2 nitrogen and oxygen atoms in total. The molecule has 86 valence electrons. The number of rotatable bonds is 3. The second kappa shape index (κ2) is 4.25. The minimum absolute atomic E-state index is 0.295. The molecule has 0 spiro atoms. The van der Waals surface area contributed by atoms with Crippen LogP contribution in [0.5, 0.6) is 0 Å². The minimum Gasteiger partial charge on any atom is -0.300 e. The van der Waals surface area contributed by atoms with E-state index in [4.69, 9.17) is 0 Å². The lowest BCUT2D eigenvalue weighted by atomic mass is 9.75. The number of nitrogens with zero attached hydrogens (tertiary/aromatic N) is 1. The molecule has 1 saturated heterocycles. The first kappa shape index (κ1) is 11.1. The van der Waals surface area contributed by atoms with E-state index in [0.29, 0.717) is 11.2 Å². The summed E-state index contributed by atoms with van der Waals surface area (Å²) < 4.78 is 0. The fraction of sp³-hybridized carbons (Fsp3) is 0.923. The summed E-state index contributed by atoms with van der Waals surface area (Å²) in [5, 5.41) is 0. The molecule has 0 unspecified atom stereocenters. The van der Waals surface area contributed by atoms with Gasteiger partial charge >= 0.3 is 0 Å². The SMILES string of the molecule is CC(=O)CC1(C)CN(C2CCCCC2)C1. The molecule has 0 N–H and O–H groups in total. The Morgan fingerprint density at radius 1 is 1.27 bits per heavy atom. The topological polar surface area (TPSA) is 20.3 Å². The Bertz CT molecular complexity index is 237. The van der Waals surface area contributed by atoms with Crippen molar-refractivity contribution in [3.8, 4) is 0 Å². The van der Waals surface area contributed by atoms with Gasteiger partial charge in [-0.05, 0) is 25.2 Å². The van der Waals surface area contributed by atoms with E-state index >= 15 is 0 Å². The average Bonchev–Trinajstić information content (AvgIpc) is 2.14. The van der Waals surface area contributed by atoms with Gasteiger partial charge in [0.2, 0.25) is 0 Å². The van der Waals surface area contributed by atoms with Gasteiger partial charge < -0.3 is 4.79 Å². The molecule has 0 aromatic heterocycles. The highest BCUT2D eigenvalue weighted by Crippen LogP contribution is 2.38. The number of Topliss-reactive ketones (excluding diaryl/α,β-unsaturated/α-hetero) is 1. The van der Waals surface area contributed by atoms with Crippen molar-refractivity contribution in [1.29, 1.82) is 0 Å². The molecule has 1 aliphatic heterocycles. The molecule has 0 aromatic carbocycles. The first-order valence-electron chi connectivity index (χ1n) is 6.33. The Kier molecular flexibility index (Phi) is 3.15. The van der Waals surface area contributed by atoms with Gasteiger partial charge in [0.15, 0.2) is 0 Å². The molecule has 2 heteroatoms. The number of likely N-dealkylation sites (tertiary alicyclic amines) is 1. The number of carbonyl (C=O) groups is 1. The molecule has 2 aliphatic rings. The van der Waals surface area contributed by atoms with E-state index in [1.54, 1.807) is 6.92 Å². The van der Waals surface area contributed by atoms with Crippen LogP contribution in [0.3, 0.4) is 0 Å². The van der Waals surface area contributed by atoms with Crippen molar-refractivity contribution >= 4 is 5.78 Å². The van der Waals surface area contributed by atoms with Crippen molar-refractivity contribution in [3.63, 3.8) is 0 Å². The van der Waals surface area contributed by atoms with Gasteiger partial charge in [-0.15, -0.1) is 0 Å². The van der Waals surface area contributed by atoms with Crippen LogP contribution < -0.4 is 0 Å². The van der Waals surface area contributed by atoms with Crippen LogP contribution in [0.25, 0.3) is 0 Å². The summed E-state index contributed by atoms with van der Waals surface area (Å²) in [4.78, 5) is 13.7. The Balaban J connectivity index is 1.78. The summed E-state index contributed by atoms with van der Waals surface area (Å²) in [6, 6.07) is 0.832. The minimum atomic E-state index is 0.295. The molecule has 1 saturated carbocycles. The number of ketones is 1. The molecule has 0 aromatic rings. The zero-order chi connectivity index (χ0) is 10.9. The van der Waals surface area contributed by atoms with Gasteiger partial charge in [-0.3, -0.25) is 4.90 Å². The summed E-state index contributed by atoms with van der Waals surface area (Å²) in [5.74, 6) is 0.348. The highest BCUT2D eigenvalue weighted by molar-refractivity contribution is 5.76. The Hall–Kier alpha value is -0.370. The lowest BCUT2D eigenvalue weighted by Crippen LogP contribution is -2.59. The first-order valence-corrected chi connectivity index (χ1v) is 6.33. The number of carbonyl (C=O) groups excluding carboxylic acids is 1. The van der Waals surface area contributed by atoms with Crippen LogP contribution >= 0.6 is 0 Å². The standard InChI is InChI=1S/C13H23NO/c1-11(15)8-13(2)9-14(10-13)12-6-4-3-5-7-12/h12H,3-10H2,1-2H3. The van der Waals surface area contributed by atoms with Gasteiger partial charge in [0, 0.05) is 25.6 Å². The van der Waals surface area contributed by atoms with Gasteiger partial charge in [-0.25, -0.2) is 0 Å². The third-order valence-corrected chi connectivity index (χ3v) is 3.94. The smallest absolute Gasteiger partial charge is 0.130 e. The molecular formula is C13H23NO. The van der Waals surface area contributed by atoms with Gasteiger partial charge in [-0.1, -0.05) is 26.2 Å². The summed E-state index contributed by atoms with van der Waals surface area (Å²) in [6.07, 6.45) is 7.78. The van der Waals surface area contributed by atoms with E-state index in [1.807, 2.05) is 0 Å². The largest absolute Gasteiger partial charge is 0.300 e. The van der Waals surface area contributed by atoms with Crippen LogP contribution in [0.2, 0.25) is 0 Å². The predicted molar refractivity (Wildman–Crippen MR) is 61.9 cm³/mol. The average molecular weight is 209 g/mol. The first-order chi connectivity index (χ1) is 7.09. The van der Waals surface area contributed by atoms with Crippen molar-refractivity contribution in [2.45, 2.75) is 58.4 Å². The van der Waals surface area contributed by atoms with Crippen molar-refractivity contribution in [2.24, 2.45) is 5.41 Å². The predicted octanol–water partition coefficient (Wildman–Crippen LogP) is 2.62. The molecule has 0 atom stereocenters. The van der Waals surface area contributed by atoms with E-state index in [2.05, 4.69) is 11.8 Å². The van der Waals surface area contributed by atoms with Crippen molar-refractivity contribution in [1.82, 2.24) is 4.90 Å². The molecular weight excluding hydrogens is 186 g/mol. The van der Waals surface area contributed by atoms with E-state index in [9.17, 15) is 4.79 Å².